The third-order valence-electron chi connectivity index (χ3n) is 3.90. The second-order valence-corrected chi connectivity index (χ2v) is 6.39. The summed E-state index contributed by atoms with van der Waals surface area (Å²) in [5.74, 6) is 0.570. The average molecular weight is 311 g/mol. The van der Waals surface area contributed by atoms with E-state index in [1.165, 1.54) is 12.8 Å². The number of rotatable bonds is 4. The fraction of sp³-hybridized carbons (Fsp3) is 0.500. The second-order valence-electron chi connectivity index (χ2n) is 5.47. The zero-order valence-corrected chi connectivity index (χ0v) is 12.4. The number of hydrogen-bond acceptors (Lipinski definition) is 2. The SMILES string of the molecule is CC(C)C1(CNC(=O)c2cc(N)cc(Br)c2)CC1. The van der Waals surface area contributed by atoms with Crippen LogP contribution in [0, 0.1) is 11.3 Å². The Balaban J connectivity index is 2.00. The number of nitrogen functional groups attached to an aromatic ring is 1. The van der Waals surface area contributed by atoms with Crippen LogP contribution in [0.3, 0.4) is 0 Å². The molecule has 98 valence electrons. The molecule has 0 aromatic heterocycles. The first kappa shape index (κ1) is 13.4. The molecule has 3 N–H and O–H groups in total. The molecule has 1 aromatic carbocycles. The molecule has 3 nitrogen and oxygen atoms in total. The van der Waals surface area contributed by atoms with Crippen LogP contribution in [0.1, 0.15) is 37.0 Å². The van der Waals surface area contributed by atoms with Crippen LogP contribution in [0.25, 0.3) is 0 Å². The van der Waals surface area contributed by atoms with Crippen molar-refractivity contribution in [2.75, 3.05) is 12.3 Å². The number of nitrogens with one attached hydrogen (secondary N) is 1. The summed E-state index contributed by atoms with van der Waals surface area (Å²) in [6.45, 7) is 5.20. The van der Waals surface area contributed by atoms with Crippen LogP contribution in [0.4, 0.5) is 5.69 Å². The van der Waals surface area contributed by atoms with E-state index in [4.69, 9.17) is 5.73 Å². The zero-order chi connectivity index (χ0) is 13.3. The Hall–Kier alpha value is -1.03. The molecular formula is C14H19BrN2O. The molecular weight excluding hydrogens is 292 g/mol. The Bertz CT molecular complexity index is 447. The summed E-state index contributed by atoms with van der Waals surface area (Å²) in [6.07, 6.45) is 2.43. The fourth-order valence-corrected chi connectivity index (χ4v) is 2.73. The number of benzene rings is 1. The molecule has 2 rings (SSSR count). The Morgan fingerprint density at radius 1 is 1.44 bits per heavy atom. The monoisotopic (exact) mass is 310 g/mol. The van der Waals surface area contributed by atoms with Crippen LogP contribution in [-0.4, -0.2) is 12.5 Å². The third kappa shape index (κ3) is 2.86. The summed E-state index contributed by atoms with van der Waals surface area (Å²) in [6, 6.07) is 5.28. The quantitative estimate of drug-likeness (QED) is 0.839. The minimum absolute atomic E-state index is 0.0464. The van der Waals surface area contributed by atoms with Gasteiger partial charge in [0.2, 0.25) is 0 Å². The maximum absolute atomic E-state index is 12.1. The van der Waals surface area contributed by atoms with E-state index in [0.717, 1.165) is 11.0 Å². The van der Waals surface area contributed by atoms with Gasteiger partial charge in [0.25, 0.3) is 5.91 Å². The topological polar surface area (TPSA) is 55.1 Å². The highest BCUT2D eigenvalue weighted by atomic mass is 79.9. The smallest absolute Gasteiger partial charge is 0.251 e. The van der Waals surface area contributed by atoms with Gasteiger partial charge in [0.15, 0.2) is 0 Å². The van der Waals surface area contributed by atoms with Crippen molar-refractivity contribution in [3.8, 4) is 0 Å². The molecule has 0 unspecified atom stereocenters. The first-order valence-electron chi connectivity index (χ1n) is 6.27. The van der Waals surface area contributed by atoms with Gasteiger partial charge >= 0.3 is 0 Å². The summed E-state index contributed by atoms with van der Waals surface area (Å²) < 4.78 is 0.831. The van der Waals surface area contributed by atoms with Crippen LogP contribution in [0.15, 0.2) is 22.7 Å². The van der Waals surface area contributed by atoms with Gasteiger partial charge in [0.05, 0.1) is 0 Å². The molecule has 0 bridgehead atoms. The van der Waals surface area contributed by atoms with Crippen LogP contribution in [0.5, 0.6) is 0 Å². The first-order valence-corrected chi connectivity index (χ1v) is 7.06. The maximum Gasteiger partial charge on any atom is 0.251 e. The van der Waals surface area contributed by atoms with E-state index in [9.17, 15) is 4.79 Å². The second kappa shape index (κ2) is 4.92. The number of carbonyl (C=O) groups excluding carboxylic acids is 1. The minimum atomic E-state index is -0.0464. The van der Waals surface area contributed by atoms with Gasteiger partial charge in [-0.25, -0.2) is 0 Å². The van der Waals surface area contributed by atoms with Gasteiger partial charge in [-0.15, -0.1) is 0 Å². The van der Waals surface area contributed by atoms with E-state index in [2.05, 4.69) is 35.1 Å². The molecule has 1 saturated carbocycles. The first-order chi connectivity index (χ1) is 8.43. The molecule has 18 heavy (non-hydrogen) atoms. The largest absolute Gasteiger partial charge is 0.399 e. The van der Waals surface area contributed by atoms with Crippen LogP contribution < -0.4 is 11.1 Å². The van der Waals surface area contributed by atoms with Crippen molar-refractivity contribution in [3.05, 3.63) is 28.2 Å². The molecule has 0 spiro atoms. The molecule has 0 heterocycles. The molecule has 0 saturated heterocycles. The lowest BCUT2D eigenvalue weighted by Gasteiger charge is -2.20. The van der Waals surface area contributed by atoms with E-state index in [1.807, 2.05) is 0 Å². The Kier molecular flexibility index (Phi) is 3.66. The van der Waals surface area contributed by atoms with Crippen LogP contribution in [0.2, 0.25) is 0 Å². The Labute approximate surface area is 116 Å². The molecule has 1 amide bonds. The van der Waals surface area contributed by atoms with Gasteiger partial charge in [-0.3, -0.25) is 4.79 Å². The lowest BCUT2D eigenvalue weighted by Crippen LogP contribution is -2.32. The third-order valence-corrected chi connectivity index (χ3v) is 4.36. The summed E-state index contributed by atoms with van der Waals surface area (Å²) >= 11 is 3.35. The molecule has 1 aliphatic rings. The summed E-state index contributed by atoms with van der Waals surface area (Å²) in [5.41, 5.74) is 7.27. The van der Waals surface area contributed by atoms with E-state index >= 15 is 0 Å². The van der Waals surface area contributed by atoms with Crippen molar-refractivity contribution in [1.29, 1.82) is 0 Å². The molecule has 1 aromatic rings. The van der Waals surface area contributed by atoms with E-state index in [-0.39, 0.29) is 5.91 Å². The van der Waals surface area contributed by atoms with E-state index < -0.39 is 0 Å². The summed E-state index contributed by atoms with van der Waals surface area (Å²) in [5, 5.41) is 3.02. The number of nitrogens with two attached hydrogens (primary N) is 1. The molecule has 1 aliphatic carbocycles. The van der Waals surface area contributed by atoms with Crippen molar-refractivity contribution in [2.24, 2.45) is 11.3 Å². The van der Waals surface area contributed by atoms with Crippen molar-refractivity contribution in [2.45, 2.75) is 26.7 Å². The van der Waals surface area contributed by atoms with Crippen LogP contribution in [-0.2, 0) is 0 Å². The van der Waals surface area contributed by atoms with Gasteiger partial charge in [0.1, 0.15) is 0 Å². The highest BCUT2D eigenvalue weighted by Gasteiger charge is 2.45. The standard InChI is InChI=1S/C14H19BrN2O/c1-9(2)14(3-4-14)8-17-13(18)10-5-11(15)7-12(16)6-10/h5-7,9H,3-4,8,16H2,1-2H3,(H,17,18). The molecule has 0 radical (unpaired) electrons. The number of hydrogen-bond donors (Lipinski definition) is 2. The summed E-state index contributed by atoms with van der Waals surface area (Å²) in [4.78, 5) is 12.1. The van der Waals surface area contributed by atoms with Crippen LogP contribution >= 0.6 is 15.9 Å². The van der Waals surface area contributed by atoms with Crippen molar-refractivity contribution in [3.63, 3.8) is 0 Å². The predicted octanol–water partition coefficient (Wildman–Crippen LogP) is 3.20. The van der Waals surface area contributed by atoms with E-state index in [1.54, 1.807) is 18.2 Å². The number of amides is 1. The van der Waals surface area contributed by atoms with Gasteiger partial charge in [0, 0.05) is 22.3 Å². The number of carbonyl (C=O) groups is 1. The van der Waals surface area contributed by atoms with Gasteiger partial charge in [-0.05, 0) is 42.4 Å². The predicted molar refractivity (Wildman–Crippen MR) is 77.4 cm³/mol. The van der Waals surface area contributed by atoms with Crippen molar-refractivity contribution < 1.29 is 4.79 Å². The fourth-order valence-electron chi connectivity index (χ4n) is 2.22. The van der Waals surface area contributed by atoms with E-state index in [0.29, 0.717) is 22.6 Å². The number of halogens is 1. The van der Waals surface area contributed by atoms with Gasteiger partial charge < -0.3 is 11.1 Å². The van der Waals surface area contributed by atoms with Crippen molar-refractivity contribution in [1.82, 2.24) is 5.32 Å². The highest BCUT2D eigenvalue weighted by Crippen LogP contribution is 2.51. The zero-order valence-electron chi connectivity index (χ0n) is 10.8. The Morgan fingerprint density at radius 3 is 2.61 bits per heavy atom. The average Bonchev–Trinajstić information content (AvgIpc) is 3.05. The van der Waals surface area contributed by atoms with Gasteiger partial charge in [-0.2, -0.15) is 0 Å². The minimum Gasteiger partial charge on any atom is -0.399 e. The lowest BCUT2D eigenvalue weighted by molar-refractivity contribution is 0.0939. The molecule has 4 heteroatoms. The normalized spacial score (nSPS) is 16.7. The molecule has 1 fully saturated rings. The highest BCUT2D eigenvalue weighted by molar-refractivity contribution is 9.10. The molecule has 0 atom stereocenters. The van der Waals surface area contributed by atoms with Crippen molar-refractivity contribution >= 4 is 27.5 Å². The lowest BCUT2D eigenvalue weighted by atomic mass is 9.92. The van der Waals surface area contributed by atoms with Gasteiger partial charge in [-0.1, -0.05) is 29.8 Å². The molecule has 0 aliphatic heterocycles. The maximum atomic E-state index is 12.1. The summed E-state index contributed by atoms with van der Waals surface area (Å²) in [7, 11) is 0. The Morgan fingerprint density at radius 2 is 2.11 bits per heavy atom. The number of anilines is 1.